The van der Waals surface area contributed by atoms with E-state index in [9.17, 15) is 0 Å². The lowest BCUT2D eigenvalue weighted by molar-refractivity contribution is -0.0279. The van der Waals surface area contributed by atoms with Crippen molar-refractivity contribution in [1.29, 1.82) is 0 Å². The molecule has 5 heteroatoms. The third-order valence-electron chi connectivity index (χ3n) is 5.13. The number of rotatable bonds is 5. The Hall–Kier alpha value is -1.85. The number of nitrogens with one attached hydrogen (secondary N) is 2. The van der Waals surface area contributed by atoms with Gasteiger partial charge in [-0.15, -0.1) is 0 Å². The van der Waals surface area contributed by atoms with Gasteiger partial charge in [-0.1, -0.05) is 30.3 Å². The van der Waals surface area contributed by atoms with E-state index in [-0.39, 0.29) is 6.10 Å². The molecule has 2 aliphatic heterocycles. The Morgan fingerprint density at radius 3 is 3.04 bits per heavy atom. The van der Waals surface area contributed by atoms with Crippen molar-refractivity contribution in [3.63, 3.8) is 0 Å². The molecule has 3 heterocycles. The molecule has 0 bridgehead atoms. The summed E-state index contributed by atoms with van der Waals surface area (Å²) in [5.74, 6) is 2.27. The first-order valence-corrected chi connectivity index (χ1v) is 9.03. The summed E-state index contributed by atoms with van der Waals surface area (Å²) in [5.41, 5.74) is 1.31. The number of aromatic nitrogens is 2. The van der Waals surface area contributed by atoms with Gasteiger partial charge in [0.2, 0.25) is 0 Å². The van der Waals surface area contributed by atoms with Gasteiger partial charge >= 0.3 is 0 Å². The quantitative estimate of drug-likeness (QED) is 0.887. The molecule has 1 aromatic carbocycles. The molecule has 0 amide bonds. The van der Waals surface area contributed by atoms with Crippen LogP contribution in [0.1, 0.15) is 24.5 Å². The summed E-state index contributed by atoms with van der Waals surface area (Å²) in [6.07, 6.45) is 4.49. The summed E-state index contributed by atoms with van der Waals surface area (Å²) in [7, 11) is 0. The van der Waals surface area contributed by atoms with Crippen LogP contribution in [0.5, 0.6) is 0 Å². The Morgan fingerprint density at radius 1 is 1.21 bits per heavy atom. The van der Waals surface area contributed by atoms with E-state index in [4.69, 9.17) is 4.74 Å². The molecule has 1 saturated heterocycles. The van der Waals surface area contributed by atoms with Crippen molar-refractivity contribution >= 4 is 5.82 Å². The molecule has 1 fully saturated rings. The average molecular weight is 326 g/mol. The highest BCUT2D eigenvalue weighted by atomic mass is 16.5. The first-order valence-electron chi connectivity index (χ1n) is 9.03. The molecule has 0 saturated carbocycles. The second-order valence-electron chi connectivity index (χ2n) is 6.91. The summed E-state index contributed by atoms with van der Waals surface area (Å²) >= 11 is 0. The number of benzene rings is 1. The highest BCUT2D eigenvalue weighted by molar-refractivity contribution is 5.35. The molecule has 0 spiro atoms. The van der Waals surface area contributed by atoms with Crippen LogP contribution in [0.15, 0.2) is 42.6 Å². The zero-order valence-electron chi connectivity index (χ0n) is 14.0. The van der Waals surface area contributed by atoms with Crippen LogP contribution in [0, 0.1) is 11.8 Å². The van der Waals surface area contributed by atoms with Gasteiger partial charge in [-0.2, -0.15) is 5.10 Å². The molecule has 5 nitrogen and oxygen atoms in total. The predicted molar refractivity (Wildman–Crippen MR) is 94.9 cm³/mol. The zero-order valence-corrected chi connectivity index (χ0v) is 14.0. The second-order valence-corrected chi connectivity index (χ2v) is 6.91. The lowest BCUT2D eigenvalue weighted by Gasteiger charge is -2.33. The predicted octanol–water partition coefficient (Wildman–Crippen LogP) is 2.68. The van der Waals surface area contributed by atoms with Crippen LogP contribution >= 0.6 is 0 Å². The number of fused-ring (bicyclic) bond motifs is 1. The first kappa shape index (κ1) is 15.7. The topological polar surface area (TPSA) is 51.1 Å². The van der Waals surface area contributed by atoms with Crippen molar-refractivity contribution in [1.82, 2.24) is 15.1 Å². The average Bonchev–Trinajstić information content (AvgIpc) is 3.11. The summed E-state index contributed by atoms with van der Waals surface area (Å²) in [6.45, 7) is 4.92. The van der Waals surface area contributed by atoms with Gasteiger partial charge in [0, 0.05) is 50.7 Å². The Balaban J connectivity index is 1.30. The highest BCUT2D eigenvalue weighted by Gasteiger charge is 2.27. The minimum absolute atomic E-state index is 0.231. The SMILES string of the molecule is c1ccc([C@@H]2OCCC[C@@H]2CNC[C@H]2CNc3ccnn3C2)cc1. The van der Waals surface area contributed by atoms with Crippen LogP contribution in [0.2, 0.25) is 0 Å². The number of hydrogen-bond donors (Lipinski definition) is 2. The van der Waals surface area contributed by atoms with E-state index in [0.29, 0.717) is 11.8 Å². The fraction of sp³-hybridized carbons (Fsp3) is 0.526. The van der Waals surface area contributed by atoms with E-state index in [1.54, 1.807) is 0 Å². The fourth-order valence-corrected chi connectivity index (χ4v) is 3.86. The van der Waals surface area contributed by atoms with Gasteiger partial charge in [-0.3, -0.25) is 0 Å². The minimum atomic E-state index is 0.231. The monoisotopic (exact) mass is 326 g/mol. The number of ether oxygens (including phenoxy) is 1. The van der Waals surface area contributed by atoms with Gasteiger partial charge in [0.1, 0.15) is 5.82 Å². The molecule has 0 radical (unpaired) electrons. The molecule has 24 heavy (non-hydrogen) atoms. The third-order valence-corrected chi connectivity index (χ3v) is 5.13. The highest BCUT2D eigenvalue weighted by Crippen LogP contribution is 2.33. The maximum atomic E-state index is 6.09. The summed E-state index contributed by atoms with van der Waals surface area (Å²) in [6, 6.07) is 12.7. The van der Waals surface area contributed by atoms with E-state index >= 15 is 0 Å². The van der Waals surface area contributed by atoms with E-state index in [1.807, 2.05) is 12.3 Å². The van der Waals surface area contributed by atoms with Gasteiger partial charge in [0.05, 0.1) is 12.3 Å². The van der Waals surface area contributed by atoms with Crippen LogP contribution in [0.3, 0.4) is 0 Å². The number of hydrogen-bond acceptors (Lipinski definition) is 4. The largest absolute Gasteiger partial charge is 0.373 e. The van der Waals surface area contributed by atoms with Crippen molar-refractivity contribution in [2.45, 2.75) is 25.5 Å². The maximum absolute atomic E-state index is 6.09. The molecule has 128 valence electrons. The van der Waals surface area contributed by atoms with E-state index in [1.165, 1.54) is 12.0 Å². The van der Waals surface area contributed by atoms with Crippen LogP contribution < -0.4 is 10.6 Å². The maximum Gasteiger partial charge on any atom is 0.124 e. The Morgan fingerprint density at radius 2 is 2.12 bits per heavy atom. The number of nitrogens with zero attached hydrogens (tertiary/aromatic N) is 2. The van der Waals surface area contributed by atoms with E-state index in [0.717, 1.165) is 45.0 Å². The van der Waals surface area contributed by atoms with Crippen molar-refractivity contribution in [2.75, 3.05) is 31.6 Å². The molecular weight excluding hydrogens is 300 g/mol. The molecule has 2 aliphatic rings. The standard InChI is InChI=1S/C19H26N4O/c1-2-5-16(6-3-1)19-17(7-4-10-24-19)13-20-11-15-12-21-18-8-9-22-23(18)14-15/h1-3,5-6,8-9,15,17,19-21H,4,7,10-14H2/t15-,17+,19-/m0/s1. The van der Waals surface area contributed by atoms with Crippen molar-refractivity contribution in [3.8, 4) is 0 Å². The van der Waals surface area contributed by atoms with Crippen LogP contribution in [0.25, 0.3) is 0 Å². The molecule has 0 aliphatic carbocycles. The van der Waals surface area contributed by atoms with Crippen molar-refractivity contribution < 1.29 is 4.74 Å². The first-order chi connectivity index (χ1) is 11.9. The third kappa shape index (κ3) is 3.47. The molecule has 1 aromatic heterocycles. The van der Waals surface area contributed by atoms with Crippen LogP contribution in [-0.2, 0) is 11.3 Å². The lowest BCUT2D eigenvalue weighted by Crippen LogP contribution is -2.38. The minimum Gasteiger partial charge on any atom is -0.373 e. The summed E-state index contributed by atoms with van der Waals surface area (Å²) < 4.78 is 8.15. The van der Waals surface area contributed by atoms with Gasteiger partial charge < -0.3 is 15.4 Å². The molecule has 4 rings (SSSR count). The zero-order chi connectivity index (χ0) is 16.2. The fourth-order valence-electron chi connectivity index (χ4n) is 3.86. The van der Waals surface area contributed by atoms with E-state index in [2.05, 4.69) is 50.7 Å². The van der Waals surface area contributed by atoms with Crippen molar-refractivity contribution in [2.24, 2.45) is 11.8 Å². The molecule has 0 unspecified atom stereocenters. The lowest BCUT2D eigenvalue weighted by atomic mass is 9.89. The molecular formula is C19H26N4O. The van der Waals surface area contributed by atoms with Gasteiger partial charge in [0.15, 0.2) is 0 Å². The van der Waals surface area contributed by atoms with E-state index < -0.39 is 0 Å². The normalized spacial score (nSPS) is 26.6. The Labute approximate surface area is 143 Å². The van der Waals surface area contributed by atoms with Crippen LogP contribution in [0.4, 0.5) is 5.82 Å². The Kier molecular flexibility index (Phi) is 4.81. The Bertz CT molecular complexity index is 642. The molecule has 2 aromatic rings. The molecule has 3 atom stereocenters. The van der Waals surface area contributed by atoms with Crippen molar-refractivity contribution in [3.05, 3.63) is 48.2 Å². The second kappa shape index (κ2) is 7.36. The molecule has 2 N–H and O–H groups in total. The summed E-state index contributed by atoms with van der Waals surface area (Å²) in [4.78, 5) is 0. The van der Waals surface area contributed by atoms with Gasteiger partial charge in [-0.05, 0) is 18.4 Å². The smallest absolute Gasteiger partial charge is 0.124 e. The summed E-state index contributed by atoms with van der Waals surface area (Å²) in [5, 5.41) is 11.5. The number of anilines is 1. The van der Waals surface area contributed by atoms with Gasteiger partial charge in [0.25, 0.3) is 0 Å². The van der Waals surface area contributed by atoms with Gasteiger partial charge in [-0.25, -0.2) is 4.68 Å². The van der Waals surface area contributed by atoms with Crippen LogP contribution in [-0.4, -0.2) is 36.0 Å².